The topological polar surface area (TPSA) is 47.0 Å². The summed E-state index contributed by atoms with van der Waals surface area (Å²) < 4.78 is 18.7. The number of hydrogen-bond donors (Lipinski definition) is 1. The highest BCUT2D eigenvalue weighted by molar-refractivity contribution is 7.13. The minimum Gasteiger partial charge on any atom is -0.430 e. The number of benzene rings is 1. The molecule has 0 fully saturated rings. The molecule has 0 saturated carbocycles. The number of nitrogens with one attached hydrogen (secondary N) is 1. The van der Waals surface area contributed by atoms with Crippen molar-refractivity contribution in [1.29, 1.82) is 0 Å². The summed E-state index contributed by atoms with van der Waals surface area (Å²) in [5, 5.41) is 12.4. The van der Waals surface area contributed by atoms with Gasteiger partial charge in [0, 0.05) is 12.6 Å². The van der Waals surface area contributed by atoms with Gasteiger partial charge in [-0.2, -0.15) is 0 Å². The highest BCUT2D eigenvalue weighted by Crippen LogP contribution is 2.27. The van der Waals surface area contributed by atoms with Crippen LogP contribution in [-0.4, -0.2) is 16.7 Å². The Labute approximate surface area is 119 Å². The number of nitrogens with zero attached hydrogens (tertiary/aromatic N) is 2. The van der Waals surface area contributed by atoms with Gasteiger partial charge in [-0.15, -0.1) is 5.10 Å². The molecular formula is C12H13ClFN3OS. The Bertz CT molecular complexity index is 550. The van der Waals surface area contributed by atoms with Gasteiger partial charge in [0.2, 0.25) is 0 Å². The summed E-state index contributed by atoms with van der Waals surface area (Å²) in [6, 6.07) is 4.25. The van der Waals surface area contributed by atoms with Crippen molar-refractivity contribution in [2.45, 2.75) is 19.9 Å². The predicted molar refractivity (Wildman–Crippen MR) is 73.4 cm³/mol. The van der Waals surface area contributed by atoms with Crippen LogP contribution in [0.5, 0.6) is 10.9 Å². The van der Waals surface area contributed by atoms with E-state index in [2.05, 4.69) is 22.4 Å². The standard InChI is InChI=1S/C12H13ClFN3OS/c1-2-5-15-7-11-16-17-12(19-11)18-8-3-4-9(13)10(14)6-8/h3-4,6,15H,2,5,7H2,1H3. The Hall–Kier alpha value is -1.24. The summed E-state index contributed by atoms with van der Waals surface area (Å²) in [5.74, 6) is -0.167. The average Bonchev–Trinajstić information content (AvgIpc) is 2.82. The number of hydrogen-bond acceptors (Lipinski definition) is 5. The number of aromatic nitrogens is 2. The second-order valence-electron chi connectivity index (χ2n) is 3.82. The van der Waals surface area contributed by atoms with Crippen LogP contribution in [-0.2, 0) is 6.54 Å². The van der Waals surface area contributed by atoms with Crippen molar-refractivity contribution < 1.29 is 9.13 Å². The number of ether oxygens (including phenoxy) is 1. The largest absolute Gasteiger partial charge is 0.430 e. The zero-order valence-corrected chi connectivity index (χ0v) is 11.9. The van der Waals surface area contributed by atoms with Crippen LogP contribution in [0, 0.1) is 5.82 Å². The average molecular weight is 302 g/mol. The lowest BCUT2D eigenvalue weighted by Gasteiger charge is -2.01. The van der Waals surface area contributed by atoms with Crippen LogP contribution in [0.3, 0.4) is 0 Å². The van der Waals surface area contributed by atoms with Crippen molar-refractivity contribution >= 4 is 22.9 Å². The van der Waals surface area contributed by atoms with E-state index in [1.807, 2.05) is 0 Å². The van der Waals surface area contributed by atoms with Gasteiger partial charge in [0.1, 0.15) is 16.6 Å². The van der Waals surface area contributed by atoms with E-state index in [1.165, 1.54) is 23.5 Å². The smallest absolute Gasteiger partial charge is 0.299 e. The molecule has 2 aromatic rings. The van der Waals surface area contributed by atoms with Gasteiger partial charge in [-0.1, -0.05) is 35.0 Å². The molecule has 1 aromatic carbocycles. The summed E-state index contributed by atoms with van der Waals surface area (Å²) in [5.41, 5.74) is 0. The lowest BCUT2D eigenvalue weighted by molar-refractivity contribution is 0.467. The molecule has 0 atom stereocenters. The van der Waals surface area contributed by atoms with Crippen LogP contribution >= 0.6 is 22.9 Å². The molecule has 0 aliphatic carbocycles. The van der Waals surface area contributed by atoms with E-state index < -0.39 is 5.82 Å². The molecule has 0 spiro atoms. The van der Waals surface area contributed by atoms with Gasteiger partial charge in [0.15, 0.2) is 0 Å². The molecular weight excluding hydrogens is 289 g/mol. The van der Waals surface area contributed by atoms with Gasteiger partial charge in [-0.05, 0) is 25.1 Å². The predicted octanol–water partition coefficient (Wildman–Crippen LogP) is 3.62. The van der Waals surface area contributed by atoms with Crippen LogP contribution in [0.1, 0.15) is 18.4 Å². The molecule has 0 aliphatic heterocycles. The molecule has 4 nitrogen and oxygen atoms in total. The third kappa shape index (κ3) is 4.12. The summed E-state index contributed by atoms with van der Waals surface area (Å²) in [6.07, 6.45) is 1.06. The van der Waals surface area contributed by atoms with E-state index in [0.717, 1.165) is 18.0 Å². The first-order valence-electron chi connectivity index (χ1n) is 5.85. The van der Waals surface area contributed by atoms with Crippen LogP contribution in [0.4, 0.5) is 4.39 Å². The monoisotopic (exact) mass is 301 g/mol. The summed E-state index contributed by atoms with van der Waals surface area (Å²) in [6.45, 7) is 3.68. The van der Waals surface area contributed by atoms with Gasteiger partial charge < -0.3 is 10.1 Å². The second-order valence-corrected chi connectivity index (χ2v) is 5.25. The van der Waals surface area contributed by atoms with E-state index in [1.54, 1.807) is 6.07 Å². The third-order valence-electron chi connectivity index (χ3n) is 2.25. The fourth-order valence-electron chi connectivity index (χ4n) is 1.36. The molecule has 0 saturated heterocycles. The highest BCUT2D eigenvalue weighted by atomic mass is 35.5. The molecule has 2 rings (SSSR count). The molecule has 7 heteroatoms. The first-order chi connectivity index (χ1) is 9.19. The first-order valence-corrected chi connectivity index (χ1v) is 7.04. The van der Waals surface area contributed by atoms with Gasteiger partial charge in [0.05, 0.1) is 5.02 Å². The maximum atomic E-state index is 13.2. The lowest BCUT2D eigenvalue weighted by Crippen LogP contribution is -2.13. The molecule has 0 amide bonds. The minimum absolute atomic E-state index is 0.0640. The first kappa shape index (κ1) is 14.2. The van der Waals surface area contributed by atoms with Crippen LogP contribution in [0.25, 0.3) is 0 Å². The van der Waals surface area contributed by atoms with Crippen molar-refractivity contribution in [2.75, 3.05) is 6.54 Å². The molecule has 102 valence electrons. The van der Waals surface area contributed by atoms with Gasteiger partial charge in [-0.3, -0.25) is 0 Å². The Morgan fingerprint density at radius 3 is 3.00 bits per heavy atom. The van der Waals surface area contributed by atoms with E-state index in [9.17, 15) is 4.39 Å². The maximum absolute atomic E-state index is 13.2. The zero-order chi connectivity index (χ0) is 13.7. The Balaban J connectivity index is 1.97. The van der Waals surface area contributed by atoms with Crippen molar-refractivity contribution in [2.24, 2.45) is 0 Å². The number of rotatable bonds is 6. The molecule has 0 radical (unpaired) electrons. The highest BCUT2D eigenvalue weighted by Gasteiger charge is 2.08. The summed E-state index contributed by atoms with van der Waals surface area (Å²) in [7, 11) is 0. The normalized spacial score (nSPS) is 10.7. The van der Waals surface area contributed by atoms with Gasteiger partial charge in [0.25, 0.3) is 5.19 Å². The maximum Gasteiger partial charge on any atom is 0.299 e. The minimum atomic E-state index is -0.520. The number of halogens is 2. The summed E-state index contributed by atoms with van der Waals surface area (Å²) in [4.78, 5) is 0. The van der Waals surface area contributed by atoms with E-state index in [4.69, 9.17) is 16.3 Å². The van der Waals surface area contributed by atoms with Crippen LogP contribution in [0.15, 0.2) is 18.2 Å². The van der Waals surface area contributed by atoms with Crippen molar-refractivity contribution in [1.82, 2.24) is 15.5 Å². The van der Waals surface area contributed by atoms with Crippen molar-refractivity contribution in [3.05, 3.63) is 34.0 Å². The fourth-order valence-corrected chi connectivity index (χ4v) is 2.16. The molecule has 0 unspecified atom stereocenters. The Kier molecular flexibility index (Phi) is 5.07. The fraction of sp³-hybridized carbons (Fsp3) is 0.333. The molecule has 1 heterocycles. The molecule has 1 aromatic heterocycles. The van der Waals surface area contributed by atoms with Crippen molar-refractivity contribution in [3.63, 3.8) is 0 Å². The van der Waals surface area contributed by atoms with Crippen molar-refractivity contribution in [3.8, 4) is 10.9 Å². The molecule has 1 N–H and O–H groups in total. The molecule has 0 aliphatic rings. The zero-order valence-electron chi connectivity index (χ0n) is 10.3. The lowest BCUT2D eigenvalue weighted by atomic mass is 10.3. The van der Waals surface area contributed by atoms with Gasteiger partial charge >= 0.3 is 0 Å². The Morgan fingerprint density at radius 1 is 1.42 bits per heavy atom. The SMILES string of the molecule is CCCNCc1nnc(Oc2ccc(Cl)c(F)c2)s1. The third-order valence-corrected chi connectivity index (χ3v) is 3.36. The van der Waals surface area contributed by atoms with E-state index in [0.29, 0.717) is 17.5 Å². The Morgan fingerprint density at radius 2 is 2.26 bits per heavy atom. The van der Waals surface area contributed by atoms with Gasteiger partial charge in [-0.25, -0.2) is 4.39 Å². The van der Waals surface area contributed by atoms with Crippen LogP contribution in [0.2, 0.25) is 5.02 Å². The second kappa shape index (κ2) is 6.79. The molecule has 0 bridgehead atoms. The molecule has 19 heavy (non-hydrogen) atoms. The van der Waals surface area contributed by atoms with E-state index >= 15 is 0 Å². The van der Waals surface area contributed by atoms with E-state index in [-0.39, 0.29) is 5.02 Å². The quantitative estimate of drug-likeness (QED) is 0.828. The summed E-state index contributed by atoms with van der Waals surface area (Å²) >= 11 is 6.92. The van der Waals surface area contributed by atoms with Crippen LogP contribution < -0.4 is 10.1 Å².